The lowest BCUT2D eigenvalue weighted by Gasteiger charge is -2.31. The number of nitrogens with zero attached hydrogens (tertiary/aromatic N) is 4. The van der Waals surface area contributed by atoms with Crippen molar-refractivity contribution < 1.29 is 9.66 Å². The topological polar surface area (TPSA) is 80.9 Å². The highest BCUT2D eigenvalue weighted by Gasteiger charge is 2.45. The fourth-order valence-electron chi connectivity index (χ4n) is 3.74. The summed E-state index contributed by atoms with van der Waals surface area (Å²) < 4.78 is 5.16. The van der Waals surface area contributed by atoms with Crippen molar-refractivity contribution in [3.63, 3.8) is 0 Å². The number of hydrogen-bond acceptors (Lipinski definition) is 7. The van der Waals surface area contributed by atoms with E-state index in [-0.39, 0.29) is 23.5 Å². The third kappa shape index (κ3) is 3.03. The normalized spacial score (nSPS) is 23.9. The fourth-order valence-corrected chi connectivity index (χ4v) is 5.08. The third-order valence-corrected chi connectivity index (χ3v) is 6.20. The Kier molecular flexibility index (Phi) is 4.73. The largest absolute Gasteiger partial charge is 0.490 e. The number of pyridine rings is 1. The van der Waals surface area contributed by atoms with Crippen LogP contribution in [-0.4, -0.2) is 38.9 Å². The number of thioether (sulfide) groups is 1. The molecule has 7 nitrogen and oxygen atoms in total. The number of aromatic nitrogens is 1. The van der Waals surface area contributed by atoms with Crippen LogP contribution in [0.25, 0.3) is 0 Å². The second-order valence-electron chi connectivity index (χ2n) is 6.52. The van der Waals surface area contributed by atoms with Crippen molar-refractivity contribution in [2.75, 3.05) is 12.9 Å². The van der Waals surface area contributed by atoms with E-state index in [0.717, 1.165) is 28.6 Å². The standard InChI is InChI=1S/C19H20N4O3S/c1-3-13-11-27-19-21-17(14-6-4-5-9-20-14)18(22(13)19)12-7-8-16(26-2)15(10-12)23(24)25/h4-10,13,17-18H,3,11H2,1-2H3. The van der Waals surface area contributed by atoms with Crippen molar-refractivity contribution >= 4 is 22.6 Å². The number of fused-ring (bicyclic) bond motifs is 1. The van der Waals surface area contributed by atoms with Crippen LogP contribution in [0.1, 0.15) is 36.7 Å². The lowest BCUT2D eigenvalue weighted by atomic mass is 9.94. The van der Waals surface area contributed by atoms with Crippen molar-refractivity contribution in [2.45, 2.75) is 31.5 Å². The van der Waals surface area contributed by atoms with Crippen LogP contribution in [0, 0.1) is 10.1 Å². The molecule has 8 heteroatoms. The summed E-state index contributed by atoms with van der Waals surface area (Å²) in [6.45, 7) is 2.16. The predicted octanol–water partition coefficient (Wildman–Crippen LogP) is 3.98. The zero-order valence-corrected chi connectivity index (χ0v) is 15.9. The Hall–Kier alpha value is -2.61. The summed E-state index contributed by atoms with van der Waals surface area (Å²) in [5.74, 6) is 1.25. The highest BCUT2D eigenvalue weighted by Crippen LogP contribution is 2.49. The fraction of sp³-hybridized carbons (Fsp3) is 0.368. The van der Waals surface area contributed by atoms with E-state index in [9.17, 15) is 10.1 Å². The molecule has 0 bridgehead atoms. The van der Waals surface area contributed by atoms with Gasteiger partial charge in [0.1, 0.15) is 6.04 Å². The summed E-state index contributed by atoms with van der Waals surface area (Å²) in [7, 11) is 1.44. The maximum atomic E-state index is 11.5. The zero-order chi connectivity index (χ0) is 19.0. The molecule has 140 valence electrons. The second kappa shape index (κ2) is 7.19. The number of amidine groups is 1. The number of ether oxygens (including phenoxy) is 1. The molecule has 0 radical (unpaired) electrons. The average Bonchev–Trinajstić information content (AvgIpc) is 3.27. The van der Waals surface area contributed by atoms with Crippen LogP contribution >= 0.6 is 11.8 Å². The highest BCUT2D eigenvalue weighted by molar-refractivity contribution is 8.14. The molecule has 1 fully saturated rings. The molecule has 0 spiro atoms. The van der Waals surface area contributed by atoms with Gasteiger partial charge >= 0.3 is 5.69 Å². The van der Waals surface area contributed by atoms with Gasteiger partial charge in [-0.1, -0.05) is 30.8 Å². The maximum absolute atomic E-state index is 11.5. The van der Waals surface area contributed by atoms with Crippen LogP contribution in [0.15, 0.2) is 47.6 Å². The first-order valence-corrected chi connectivity index (χ1v) is 9.84. The van der Waals surface area contributed by atoms with E-state index in [1.807, 2.05) is 24.3 Å². The van der Waals surface area contributed by atoms with E-state index < -0.39 is 4.92 Å². The summed E-state index contributed by atoms with van der Waals surface area (Å²) in [5.41, 5.74) is 1.71. The number of nitro groups is 1. The van der Waals surface area contributed by atoms with Crippen LogP contribution in [0.5, 0.6) is 5.75 Å². The zero-order valence-electron chi connectivity index (χ0n) is 15.1. The maximum Gasteiger partial charge on any atom is 0.311 e. The Bertz CT molecular complexity index is 890. The van der Waals surface area contributed by atoms with E-state index in [1.54, 1.807) is 30.1 Å². The van der Waals surface area contributed by atoms with Gasteiger partial charge in [-0.05, 0) is 30.2 Å². The van der Waals surface area contributed by atoms with E-state index in [1.165, 1.54) is 7.11 Å². The Morgan fingerprint density at radius 2 is 2.22 bits per heavy atom. The van der Waals surface area contributed by atoms with E-state index in [0.29, 0.717) is 6.04 Å². The summed E-state index contributed by atoms with van der Waals surface area (Å²) >= 11 is 1.75. The monoisotopic (exact) mass is 384 g/mol. The van der Waals surface area contributed by atoms with Gasteiger partial charge in [0.25, 0.3) is 0 Å². The molecule has 3 unspecified atom stereocenters. The van der Waals surface area contributed by atoms with Crippen molar-refractivity contribution in [3.8, 4) is 5.75 Å². The number of nitro benzene ring substituents is 1. The summed E-state index contributed by atoms with van der Waals surface area (Å²) in [5, 5.41) is 12.5. The van der Waals surface area contributed by atoms with Gasteiger partial charge in [-0.3, -0.25) is 20.1 Å². The Labute approximate surface area is 161 Å². The molecule has 2 aliphatic rings. The third-order valence-electron chi connectivity index (χ3n) is 5.07. The molecule has 2 aliphatic heterocycles. The van der Waals surface area contributed by atoms with Crippen molar-refractivity contribution in [3.05, 3.63) is 64.0 Å². The number of rotatable bonds is 5. The van der Waals surface area contributed by atoms with Gasteiger partial charge in [0.15, 0.2) is 10.9 Å². The van der Waals surface area contributed by atoms with E-state index in [4.69, 9.17) is 9.73 Å². The van der Waals surface area contributed by atoms with Crippen molar-refractivity contribution in [1.29, 1.82) is 0 Å². The molecule has 1 aromatic carbocycles. The molecule has 3 heterocycles. The molecule has 0 N–H and O–H groups in total. The first-order valence-electron chi connectivity index (χ1n) is 8.86. The average molecular weight is 384 g/mol. The quantitative estimate of drug-likeness (QED) is 0.573. The SMILES string of the molecule is CCC1CSC2=NC(c3ccccn3)C(c3ccc(OC)c([N+](=O)[O-])c3)N21. The first kappa shape index (κ1) is 17.8. The van der Waals surface area contributed by atoms with Crippen molar-refractivity contribution in [1.82, 2.24) is 9.88 Å². The molecular weight excluding hydrogens is 364 g/mol. The minimum atomic E-state index is -0.398. The molecule has 1 saturated heterocycles. The summed E-state index contributed by atoms with van der Waals surface area (Å²) in [6, 6.07) is 11.0. The van der Waals surface area contributed by atoms with Crippen LogP contribution in [0.3, 0.4) is 0 Å². The molecule has 0 saturated carbocycles. The van der Waals surface area contributed by atoms with E-state index >= 15 is 0 Å². The molecule has 2 aromatic rings. The molecule has 0 amide bonds. The Morgan fingerprint density at radius 3 is 2.89 bits per heavy atom. The van der Waals surface area contributed by atoms with Crippen molar-refractivity contribution in [2.24, 2.45) is 4.99 Å². The Balaban J connectivity index is 1.82. The van der Waals surface area contributed by atoms with Gasteiger partial charge in [-0.15, -0.1) is 0 Å². The van der Waals surface area contributed by atoms with Gasteiger partial charge in [0.05, 0.1) is 23.8 Å². The molecule has 0 aliphatic carbocycles. The molecule has 1 aromatic heterocycles. The van der Waals surface area contributed by atoms with Gasteiger partial charge in [0, 0.05) is 24.1 Å². The van der Waals surface area contributed by atoms with Crippen LogP contribution in [0.2, 0.25) is 0 Å². The van der Waals surface area contributed by atoms with Crippen LogP contribution < -0.4 is 4.74 Å². The lowest BCUT2D eigenvalue weighted by molar-refractivity contribution is -0.385. The molecular formula is C19H20N4O3S. The minimum absolute atomic E-state index is 0.0249. The summed E-state index contributed by atoms with van der Waals surface area (Å²) in [6.07, 6.45) is 2.76. The first-order chi connectivity index (χ1) is 13.1. The number of methoxy groups -OCH3 is 1. The number of benzene rings is 1. The summed E-state index contributed by atoms with van der Waals surface area (Å²) in [4.78, 5) is 22.9. The minimum Gasteiger partial charge on any atom is -0.490 e. The van der Waals surface area contributed by atoms with Gasteiger partial charge in [-0.25, -0.2) is 0 Å². The second-order valence-corrected chi connectivity index (χ2v) is 7.51. The lowest BCUT2D eigenvalue weighted by Crippen LogP contribution is -2.35. The number of hydrogen-bond donors (Lipinski definition) is 0. The van der Waals surface area contributed by atoms with Gasteiger partial charge < -0.3 is 9.64 Å². The predicted molar refractivity (Wildman–Crippen MR) is 105 cm³/mol. The molecule has 3 atom stereocenters. The Morgan fingerprint density at radius 1 is 1.37 bits per heavy atom. The molecule has 4 rings (SSSR count). The van der Waals surface area contributed by atoms with Crippen LogP contribution in [-0.2, 0) is 0 Å². The number of aliphatic imine (C=N–C) groups is 1. The van der Waals surface area contributed by atoms with Gasteiger partial charge in [-0.2, -0.15) is 0 Å². The molecule has 27 heavy (non-hydrogen) atoms. The highest BCUT2D eigenvalue weighted by atomic mass is 32.2. The van der Waals surface area contributed by atoms with Gasteiger partial charge in [0.2, 0.25) is 0 Å². The van der Waals surface area contributed by atoms with Crippen LogP contribution in [0.4, 0.5) is 5.69 Å². The smallest absolute Gasteiger partial charge is 0.311 e. The van der Waals surface area contributed by atoms with E-state index in [2.05, 4.69) is 16.8 Å².